The van der Waals surface area contributed by atoms with E-state index in [0.717, 1.165) is 6.42 Å². The van der Waals surface area contributed by atoms with E-state index >= 15 is 0 Å². The molecule has 0 aromatic heterocycles. The van der Waals surface area contributed by atoms with Crippen molar-refractivity contribution in [2.75, 3.05) is 13.2 Å². The molecular formula is C28H38N4O7. The summed E-state index contributed by atoms with van der Waals surface area (Å²) in [6.45, 7) is 6.84. The molecule has 0 heterocycles. The number of nitrogens with zero attached hydrogens (tertiary/aromatic N) is 1. The van der Waals surface area contributed by atoms with Gasteiger partial charge in [-0.3, -0.25) is 19.2 Å². The molecule has 2 rings (SSSR count). The van der Waals surface area contributed by atoms with E-state index in [2.05, 4.69) is 16.6 Å². The van der Waals surface area contributed by atoms with Crippen molar-refractivity contribution in [1.82, 2.24) is 15.5 Å². The lowest BCUT2D eigenvalue weighted by Gasteiger charge is -2.43. The molecule has 1 aromatic rings. The molecule has 2 atom stereocenters. The molecule has 1 saturated carbocycles. The summed E-state index contributed by atoms with van der Waals surface area (Å²) in [5.41, 5.74) is 5.35. The minimum absolute atomic E-state index is 0.0278. The minimum atomic E-state index is -1.38. The first-order chi connectivity index (χ1) is 18.4. The zero-order valence-corrected chi connectivity index (χ0v) is 23.0. The van der Waals surface area contributed by atoms with Crippen molar-refractivity contribution in [3.63, 3.8) is 0 Å². The number of hydrogen-bond acceptors (Lipinski definition) is 7. The predicted octanol–water partition coefficient (Wildman–Crippen LogP) is 1.93. The highest BCUT2D eigenvalue weighted by Gasteiger charge is 2.43. The second-order valence-corrected chi connectivity index (χ2v) is 10.2. The van der Waals surface area contributed by atoms with Crippen molar-refractivity contribution < 1.29 is 33.4 Å². The van der Waals surface area contributed by atoms with Crippen LogP contribution in [-0.2, 0) is 28.7 Å². The van der Waals surface area contributed by atoms with Crippen LogP contribution < -0.4 is 16.4 Å². The van der Waals surface area contributed by atoms with Gasteiger partial charge < -0.3 is 30.7 Å². The Balaban J connectivity index is 2.49. The van der Waals surface area contributed by atoms with Crippen LogP contribution >= 0.6 is 0 Å². The number of alkyl carbamates (subject to hydrolysis) is 1. The Morgan fingerprint density at radius 2 is 1.85 bits per heavy atom. The van der Waals surface area contributed by atoms with Crippen molar-refractivity contribution in [2.45, 2.75) is 83.5 Å². The monoisotopic (exact) mass is 542 g/mol. The molecule has 1 aromatic carbocycles. The number of esters is 1. The third kappa shape index (κ3) is 9.32. The Hall–Kier alpha value is -4.07. The molecule has 212 valence electrons. The van der Waals surface area contributed by atoms with Crippen LogP contribution in [0.3, 0.4) is 0 Å². The fourth-order valence-corrected chi connectivity index (χ4v) is 4.12. The molecule has 0 bridgehead atoms. The van der Waals surface area contributed by atoms with Crippen molar-refractivity contribution >= 4 is 29.8 Å². The number of rotatable bonds is 12. The third-order valence-corrected chi connectivity index (χ3v) is 5.99. The maximum absolute atomic E-state index is 14.0. The normalized spacial score (nSPS) is 14.5. The van der Waals surface area contributed by atoms with Gasteiger partial charge in [0.05, 0.1) is 19.4 Å². The first-order valence-electron chi connectivity index (χ1n) is 13.0. The maximum Gasteiger partial charge on any atom is 0.408 e. The second kappa shape index (κ2) is 14.2. The van der Waals surface area contributed by atoms with Crippen molar-refractivity contribution in [1.29, 1.82) is 0 Å². The molecule has 4 amide bonds. The van der Waals surface area contributed by atoms with Gasteiger partial charge in [-0.05, 0) is 58.6 Å². The van der Waals surface area contributed by atoms with Gasteiger partial charge in [0.25, 0.3) is 0 Å². The van der Waals surface area contributed by atoms with Crippen LogP contribution in [0.2, 0.25) is 0 Å². The van der Waals surface area contributed by atoms with Gasteiger partial charge in [0.1, 0.15) is 17.7 Å². The Morgan fingerprint density at radius 1 is 1.18 bits per heavy atom. The lowest BCUT2D eigenvalue weighted by Crippen LogP contribution is -2.58. The predicted molar refractivity (Wildman–Crippen MR) is 143 cm³/mol. The van der Waals surface area contributed by atoms with Crippen molar-refractivity contribution in [3.05, 3.63) is 35.4 Å². The molecule has 0 spiro atoms. The zero-order valence-electron chi connectivity index (χ0n) is 23.0. The number of benzene rings is 1. The molecule has 0 radical (unpaired) electrons. The molecular weight excluding hydrogens is 504 g/mol. The van der Waals surface area contributed by atoms with Crippen LogP contribution in [0.4, 0.5) is 4.79 Å². The van der Waals surface area contributed by atoms with Gasteiger partial charge in [0.15, 0.2) is 0 Å². The number of ether oxygens (including phenoxy) is 2. The SMILES string of the molecule is C#Cc1ccccc1C(C(=O)NCCC(=O)OCC)N(C(=O)C(CC(N)=O)NC(=O)OC(C)(C)C)C1CCC1. The van der Waals surface area contributed by atoms with E-state index in [0.29, 0.717) is 24.0 Å². The average molecular weight is 543 g/mol. The third-order valence-electron chi connectivity index (χ3n) is 5.99. The second-order valence-electron chi connectivity index (χ2n) is 10.2. The van der Waals surface area contributed by atoms with Crippen molar-refractivity contribution in [3.8, 4) is 12.3 Å². The Morgan fingerprint density at radius 3 is 2.38 bits per heavy atom. The van der Waals surface area contributed by atoms with Gasteiger partial charge in [-0.25, -0.2) is 4.79 Å². The van der Waals surface area contributed by atoms with E-state index in [4.69, 9.17) is 21.6 Å². The Bertz CT molecular complexity index is 1100. The highest BCUT2D eigenvalue weighted by Crippen LogP contribution is 2.35. The Labute approximate surface area is 229 Å². The maximum atomic E-state index is 14.0. The summed E-state index contributed by atoms with van der Waals surface area (Å²) in [6, 6.07) is 3.76. The fourth-order valence-electron chi connectivity index (χ4n) is 4.12. The van der Waals surface area contributed by atoms with Gasteiger partial charge in [0.2, 0.25) is 17.7 Å². The summed E-state index contributed by atoms with van der Waals surface area (Å²) < 4.78 is 10.2. The van der Waals surface area contributed by atoms with Gasteiger partial charge >= 0.3 is 12.1 Å². The molecule has 11 heteroatoms. The van der Waals surface area contributed by atoms with E-state index in [1.54, 1.807) is 52.0 Å². The topological polar surface area (TPSA) is 157 Å². The number of amides is 4. The standard InChI is InChI=1S/C28H38N4O7/c1-6-18-11-8-9-14-20(18)24(25(35)30-16-15-23(34)38-7-2)32(19-12-10-13-19)26(36)21(17-22(29)33)31-27(37)39-28(3,4)5/h1,8-9,11,14,19,21,24H,7,10,12-13,15-17H2,2-5H3,(H2,29,33)(H,30,35)(H,31,37). The van der Waals surface area contributed by atoms with Gasteiger partial charge in [-0.1, -0.05) is 24.1 Å². The number of carbonyl (C=O) groups is 5. The van der Waals surface area contributed by atoms with Gasteiger partial charge in [-0.15, -0.1) is 6.42 Å². The molecule has 1 aliphatic rings. The smallest absolute Gasteiger partial charge is 0.408 e. The quantitative estimate of drug-likeness (QED) is 0.269. The van der Waals surface area contributed by atoms with E-state index < -0.39 is 53.9 Å². The van der Waals surface area contributed by atoms with Crippen LogP contribution in [0.25, 0.3) is 0 Å². The summed E-state index contributed by atoms with van der Waals surface area (Å²) in [6.07, 6.45) is 6.28. The summed E-state index contributed by atoms with van der Waals surface area (Å²) in [5.74, 6) is 0.00317. The molecule has 0 saturated heterocycles. The van der Waals surface area contributed by atoms with E-state index in [1.165, 1.54) is 4.90 Å². The summed E-state index contributed by atoms with van der Waals surface area (Å²) in [5, 5.41) is 5.15. The number of carbonyl (C=O) groups excluding carboxylic acids is 5. The molecule has 39 heavy (non-hydrogen) atoms. The largest absolute Gasteiger partial charge is 0.466 e. The molecule has 0 aliphatic heterocycles. The number of nitrogens with two attached hydrogens (primary N) is 1. The summed E-state index contributed by atoms with van der Waals surface area (Å²) in [4.78, 5) is 65.3. The van der Waals surface area contributed by atoms with Gasteiger partial charge in [-0.2, -0.15) is 0 Å². The van der Waals surface area contributed by atoms with E-state index in [-0.39, 0.29) is 25.6 Å². The number of terminal acetylenes is 1. The Kier molecular flexibility index (Phi) is 11.3. The highest BCUT2D eigenvalue weighted by molar-refractivity contribution is 5.95. The summed E-state index contributed by atoms with van der Waals surface area (Å²) in [7, 11) is 0. The van der Waals surface area contributed by atoms with Crippen LogP contribution in [0.5, 0.6) is 0 Å². The summed E-state index contributed by atoms with van der Waals surface area (Å²) >= 11 is 0. The fraction of sp³-hybridized carbons (Fsp3) is 0.536. The van der Waals surface area contributed by atoms with Crippen LogP contribution in [0.1, 0.15) is 77.0 Å². The number of nitrogens with one attached hydrogen (secondary N) is 2. The molecule has 1 fully saturated rings. The molecule has 2 unspecified atom stereocenters. The van der Waals surface area contributed by atoms with Crippen LogP contribution in [-0.4, -0.2) is 65.5 Å². The first-order valence-corrected chi connectivity index (χ1v) is 13.0. The number of hydrogen-bond donors (Lipinski definition) is 3. The highest BCUT2D eigenvalue weighted by atomic mass is 16.6. The zero-order chi connectivity index (χ0) is 29.2. The lowest BCUT2D eigenvalue weighted by molar-refractivity contribution is -0.148. The molecule has 4 N–H and O–H groups in total. The first kappa shape index (κ1) is 31.1. The lowest BCUT2D eigenvalue weighted by atomic mass is 9.87. The van der Waals surface area contributed by atoms with Crippen LogP contribution in [0, 0.1) is 12.3 Å². The molecule has 1 aliphatic carbocycles. The van der Waals surface area contributed by atoms with Gasteiger partial charge in [0, 0.05) is 18.2 Å². The van der Waals surface area contributed by atoms with E-state index in [1.807, 2.05) is 0 Å². The molecule has 11 nitrogen and oxygen atoms in total. The van der Waals surface area contributed by atoms with Crippen LogP contribution in [0.15, 0.2) is 24.3 Å². The average Bonchev–Trinajstić information content (AvgIpc) is 2.80. The number of primary amides is 1. The minimum Gasteiger partial charge on any atom is -0.466 e. The van der Waals surface area contributed by atoms with Crippen molar-refractivity contribution in [2.24, 2.45) is 5.73 Å². The van der Waals surface area contributed by atoms with E-state index in [9.17, 15) is 24.0 Å².